The number of carboxylic acid groups (broad SMARTS) is 2. The Labute approximate surface area is 388 Å². The predicted octanol–water partition coefficient (Wildman–Crippen LogP) is 5.99. The van der Waals surface area contributed by atoms with Gasteiger partial charge in [-0.05, 0) is 12.8 Å². The molecule has 0 unspecified atom stereocenters. The second kappa shape index (κ2) is 70.5. The zero-order valence-electron chi connectivity index (χ0n) is 40.7. The van der Waals surface area contributed by atoms with Crippen LogP contribution in [0, 0.1) is 0 Å². The third-order valence-corrected chi connectivity index (χ3v) is 9.67. The molecule has 0 aromatic carbocycles. The van der Waals surface area contributed by atoms with Crippen molar-refractivity contribution in [2.24, 2.45) is 0 Å². The van der Waals surface area contributed by atoms with Gasteiger partial charge in [0, 0.05) is 12.8 Å². The lowest BCUT2D eigenvalue weighted by Crippen LogP contribution is -2.15. The molecule has 0 bridgehead atoms. The first-order valence-electron chi connectivity index (χ1n) is 24.8. The van der Waals surface area contributed by atoms with E-state index in [9.17, 15) is 9.59 Å². The van der Waals surface area contributed by atoms with Crippen LogP contribution in [0.4, 0.5) is 0 Å². The number of unbranched alkanes of at least 4 members (excludes halogenated alkanes) is 28. The van der Waals surface area contributed by atoms with Crippen LogP contribution < -0.4 is 0 Å². The molecular weight excluding hydrogens is 833 g/mol. The molecule has 16 heteroatoms. The first-order valence-corrected chi connectivity index (χ1v) is 24.8. The summed E-state index contributed by atoms with van der Waals surface area (Å²) in [6, 6.07) is 0. The zero-order valence-corrected chi connectivity index (χ0v) is 40.7. The largest absolute Gasteiger partial charge is 0.481 e. The molecule has 14 N–H and O–H groups in total. The van der Waals surface area contributed by atoms with Gasteiger partial charge in [0.25, 0.3) is 0 Å². The van der Waals surface area contributed by atoms with Crippen LogP contribution >= 0.6 is 0 Å². The van der Waals surface area contributed by atoms with E-state index < -0.39 is 36.4 Å². The van der Waals surface area contributed by atoms with Crippen LogP contribution in [-0.4, -0.2) is 161 Å². The highest BCUT2D eigenvalue weighted by molar-refractivity contribution is 5.66. The van der Waals surface area contributed by atoms with Gasteiger partial charge in [-0.15, -0.1) is 0 Å². The molecule has 0 aliphatic carbocycles. The van der Waals surface area contributed by atoms with Crippen molar-refractivity contribution in [2.75, 3.05) is 52.9 Å². The first-order chi connectivity index (χ1) is 30.8. The molecule has 0 spiro atoms. The Bertz CT molecular complexity index is 712. The molecule has 0 rings (SSSR count). The second-order valence-corrected chi connectivity index (χ2v) is 16.3. The molecule has 0 aliphatic heterocycles. The highest BCUT2D eigenvalue weighted by Gasteiger charge is 2.00. The van der Waals surface area contributed by atoms with Crippen molar-refractivity contribution >= 4 is 11.9 Å². The van der Waals surface area contributed by atoms with E-state index in [4.69, 9.17) is 71.5 Å². The van der Waals surface area contributed by atoms with Crippen molar-refractivity contribution in [3.63, 3.8) is 0 Å². The maximum Gasteiger partial charge on any atom is 0.303 e. The molecule has 0 radical (unpaired) electrons. The zero-order chi connectivity index (χ0) is 49.7. The van der Waals surface area contributed by atoms with Gasteiger partial charge in [-0.3, -0.25) is 9.59 Å². The van der Waals surface area contributed by atoms with Gasteiger partial charge in [-0.1, -0.05) is 194 Å². The van der Waals surface area contributed by atoms with Crippen LogP contribution in [0.25, 0.3) is 0 Å². The van der Waals surface area contributed by atoms with Gasteiger partial charge in [-0.2, -0.15) is 0 Å². The van der Waals surface area contributed by atoms with Crippen molar-refractivity contribution in [1.82, 2.24) is 0 Å². The normalized spacial score (nSPS) is 10.5. The van der Waals surface area contributed by atoms with Crippen LogP contribution in [0.2, 0.25) is 0 Å². The summed E-state index contributed by atoms with van der Waals surface area (Å²) in [7, 11) is 0. The van der Waals surface area contributed by atoms with E-state index in [-0.39, 0.29) is 52.9 Å². The average molecular weight is 937 g/mol. The summed E-state index contributed by atoms with van der Waals surface area (Å²) < 4.78 is 0. The van der Waals surface area contributed by atoms with Crippen molar-refractivity contribution in [2.45, 2.75) is 244 Å². The smallest absolute Gasteiger partial charge is 0.303 e. The fraction of sp³-hybridized carbons (Fsp3) is 0.958. The van der Waals surface area contributed by atoms with Crippen molar-refractivity contribution in [3.8, 4) is 0 Å². The van der Waals surface area contributed by atoms with Crippen molar-refractivity contribution in [3.05, 3.63) is 0 Å². The third kappa shape index (κ3) is 91.0. The molecule has 0 saturated heterocycles. The van der Waals surface area contributed by atoms with Gasteiger partial charge in [0.1, 0.15) is 24.4 Å². The maximum absolute atomic E-state index is 10.3. The van der Waals surface area contributed by atoms with Gasteiger partial charge >= 0.3 is 11.9 Å². The number of hydrogen-bond acceptors (Lipinski definition) is 14. The lowest BCUT2D eigenvalue weighted by Gasteiger charge is -2.03. The standard InChI is InChI=1S/2C18H36O2.4C3H8O3/c2*1-2-3-4-5-6-7-8-9-10-11-12-13-14-15-16-17-18(19)20;4*4-1-3(6)2-5/h2*2-17H2,1H3,(H,19,20);4*3-6H,1-2H2. The molecular formula is C48H104O16. The average Bonchev–Trinajstić information content (AvgIpc) is 3.31. The number of hydrogen-bond donors (Lipinski definition) is 14. The van der Waals surface area contributed by atoms with Gasteiger partial charge in [0.05, 0.1) is 52.9 Å². The molecule has 0 atom stereocenters. The summed E-state index contributed by atoms with van der Waals surface area (Å²) in [5.74, 6) is -1.31. The van der Waals surface area contributed by atoms with Crippen molar-refractivity contribution in [1.29, 1.82) is 0 Å². The Morgan fingerprint density at radius 3 is 0.484 bits per heavy atom. The van der Waals surface area contributed by atoms with Gasteiger partial charge in [-0.25, -0.2) is 0 Å². The third-order valence-electron chi connectivity index (χ3n) is 9.67. The van der Waals surface area contributed by atoms with Gasteiger partial charge in [0.2, 0.25) is 0 Å². The Hall–Kier alpha value is -1.54. The molecule has 0 heterocycles. The van der Waals surface area contributed by atoms with Crippen LogP contribution in [0.1, 0.15) is 219 Å². The summed E-state index contributed by atoms with van der Waals surface area (Å²) in [5.41, 5.74) is 0. The Morgan fingerprint density at radius 2 is 0.391 bits per heavy atom. The highest BCUT2D eigenvalue weighted by atomic mass is 16.4. The van der Waals surface area contributed by atoms with Gasteiger partial charge < -0.3 is 71.5 Å². The highest BCUT2D eigenvalue weighted by Crippen LogP contribution is 2.15. The van der Waals surface area contributed by atoms with E-state index in [0.717, 1.165) is 25.7 Å². The van der Waals surface area contributed by atoms with Gasteiger partial charge in [0.15, 0.2) is 0 Å². The fourth-order valence-corrected chi connectivity index (χ4v) is 5.53. The SMILES string of the molecule is CCCCCCCCCCCCCCCCCC(=O)O.CCCCCCCCCCCCCCCCCC(=O)O.OCC(O)CO.OCC(O)CO.OCC(O)CO.OCC(O)CO. The lowest BCUT2D eigenvalue weighted by atomic mass is 10.0. The van der Waals surface area contributed by atoms with Crippen molar-refractivity contribution < 1.29 is 81.1 Å². The number of aliphatic carboxylic acids is 2. The number of aliphatic hydroxyl groups is 12. The molecule has 0 aromatic rings. The molecule has 0 aromatic heterocycles. The van der Waals surface area contributed by atoms with E-state index >= 15 is 0 Å². The van der Waals surface area contributed by atoms with E-state index in [0.29, 0.717) is 12.8 Å². The fourth-order valence-electron chi connectivity index (χ4n) is 5.53. The number of aliphatic hydroxyl groups excluding tert-OH is 12. The molecule has 0 aliphatic rings. The van der Waals surface area contributed by atoms with Crippen LogP contribution in [0.5, 0.6) is 0 Å². The topological polar surface area (TPSA) is 317 Å². The maximum atomic E-state index is 10.3. The summed E-state index contributed by atoms with van der Waals surface area (Å²) >= 11 is 0. The molecule has 0 saturated carbocycles. The molecule has 0 fully saturated rings. The van der Waals surface area contributed by atoms with Crippen LogP contribution in [0.3, 0.4) is 0 Å². The van der Waals surface area contributed by atoms with E-state index in [1.807, 2.05) is 0 Å². The minimum atomic E-state index is -0.954. The summed E-state index contributed by atoms with van der Waals surface area (Å²) in [6.45, 7) is 1.62. The van der Waals surface area contributed by atoms with Crippen LogP contribution in [-0.2, 0) is 9.59 Å². The molecule has 0 amide bonds. The predicted molar refractivity (Wildman–Crippen MR) is 255 cm³/mol. The molecule has 64 heavy (non-hydrogen) atoms. The van der Waals surface area contributed by atoms with E-state index in [2.05, 4.69) is 13.8 Å². The minimum Gasteiger partial charge on any atom is -0.481 e. The summed E-state index contributed by atoms with van der Waals surface area (Å²) in [4.78, 5) is 20.7. The minimum absolute atomic E-state index is 0.345. The Balaban J connectivity index is -0.000000175. The lowest BCUT2D eigenvalue weighted by molar-refractivity contribution is -0.138. The first kappa shape index (κ1) is 74.0. The number of carboxylic acids is 2. The monoisotopic (exact) mass is 937 g/mol. The molecule has 16 nitrogen and oxygen atoms in total. The van der Waals surface area contributed by atoms with E-state index in [1.54, 1.807) is 0 Å². The van der Waals surface area contributed by atoms with Crippen LogP contribution in [0.15, 0.2) is 0 Å². The number of carbonyl (C=O) groups is 2. The second-order valence-electron chi connectivity index (χ2n) is 16.3. The molecule has 392 valence electrons. The summed E-state index contributed by atoms with van der Waals surface area (Å²) in [6.07, 6.45) is 36.6. The summed E-state index contributed by atoms with van der Waals surface area (Å²) in [5, 5.41) is 113. The quantitative estimate of drug-likeness (QED) is 0.0314. The Morgan fingerprint density at radius 1 is 0.266 bits per heavy atom. The Kier molecular flexibility index (Phi) is 81.5. The van der Waals surface area contributed by atoms with E-state index in [1.165, 1.54) is 167 Å². The number of rotatable bonds is 40.